The van der Waals surface area contributed by atoms with Gasteiger partial charge in [-0.3, -0.25) is 14.9 Å². The number of carbonyl (C=O) groups is 1. The molecule has 2 N–H and O–H groups in total. The van der Waals surface area contributed by atoms with Crippen molar-refractivity contribution in [1.82, 2.24) is 13.9 Å². The third kappa shape index (κ3) is 1.94. The van der Waals surface area contributed by atoms with Gasteiger partial charge in [0.15, 0.2) is 0 Å². The second-order valence-electron chi connectivity index (χ2n) is 3.20. The van der Waals surface area contributed by atoms with E-state index in [1.165, 1.54) is 26.0 Å². The highest BCUT2D eigenvalue weighted by molar-refractivity contribution is 7.87. The molecule has 0 saturated heterocycles. The van der Waals surface area contributed by atoms with Crippen molar-refractivity contribution in [3.63, 3.8) is 0 Å². The third-order valence-electron chi connectivity index (χ3n) is 1.92. The number of likely N-dealkylation sites (N-methyl/N-ethyl adjacent to an activating group) is 2. The summed E-state index contributed by atoms with van der Waals surface area (Å²) in [6.07, 6.45) is 1.03. The number of hydrogen-bond acceptors (Lipinski definition) is 4. The molecule has 8 heteroatoms. The van der Waals surface area contributed by atoms with E-state index in [1.807, 2.05) is 0 Å². The van der Waals surface area contributed by atoms with Crippen molar-refractivity contribution in [3.05, 3.63) is 11.8 Å². The van der Waals surface area contributed by atoms with Crippen molar-refractivity contribution in [3.8, 4) is 0 Å². The number of amidine groups is 1. The fourth-order valence-corrected chi connectivity index (χ4v) is 1.74. The summed E-state index contributed by atoms with van der Waals surface area (Å²) in [5, 5.41) is 7.52. The zero-order valence-electron chi connectivity index (χ0n) is 8.60. The van der Waals surface area contributed by atoms with Gasteiger partial charge in [0.05, 0.1) is 5.57 Å². The van der Waals surface area contributed by atoms with Crippen LogP contribution in [0.25, 0.3) is 0 Å². The lowest BCUT2D eigenvalue weighted by atomic mass is 10.2. The molecular formula is C7H12N4O3S. The third-order valence-corrected chi connectivity index (χ3v) is 3.24. The van der Waals surface area contributed by atoms with Gasteiger partial charge in [0, 0.05) is 27.3 Å². The van der Waals surface area contributed by atoms with Crippen LogP contribution in [0.4, 0.5) is 0 Å². The number of hydrogen-bond donors (Lipinski definition) is 2. The van der Waals surface area contributed by atoms with Crippen LogP contribution in [0.2, 0.25) is 0 Å². The summed E-state index contributed by atoms with van der Waals surface area (Å²) in [5.74, 6) is -0.762. The molecule has 84 valence electrons. The van der Waals surface area contributed by atoms with Crippen molar-refractivity contribution in [1.29, 1.82) is 5.41 Å². The van der Waals surface area contributed by atoms with E-state index in [1.54, 1.807) is 0 Å². The summed E-state index contributed by atoms with van der Waals surface area (Å²) < 4.78 is 25.3. The average Bonchev–Trinajstić information content (AvgIpc) is 2.14. The fraction of sp³-hybridized carbons (Fsp3) is 0.429. The van der Waals surface area contributed by atoms with E-state index >= 15 is 0 Å². The Kier molecular flexibility index (Phi) is 2.71. The lowest BCUT2D eigenvalue weighted by Crippen LogP contribution is -2.47. The predicted octanol–water partition coefficient (Wildman–Crippen LogP) is -1.28. The van der Waals surface area contributed by atoms with Gasteiger partial charge in [0.25, 0.3) is 5.91 Å². The van der Waals surface area contributed by atoms with Crippen LogP contribution in [0.3, 0.4) is 0 Å². The average molecular weight is 232 g/mol. The van der Waals surface area contributed by atoms with Crippen LogP contribution >= 0.6 is 0 Å². The normalized spacial score (nSPS) is 19.3. The van der Waals surface area contributed by atoms with Crippen LogP contribution in [0.5, 0.6) is 0 Å². The molecule has 0 aromatic carbocycles. The van der Waals surface area contributed by atoms with Crippen LogP contribution in [0, 0.1) is 5.41 Å². The Morgan fingerprint density at radius 2 is 2.07 bits per heavy atom. The van der Waals surface area contributed by atoms with E-state index < -0.39 is 16.1 Å². The Hall–Kier alpha value is -1.57. The van der Waals surface area contributed by atoms with Gasteiger partial charge >= 0.3 is 10.2 Å². The zero-order valence-corrected chi connectivity index (χ0v) is 9.42. The van der Waals surface area contributed by atoms with E-state index in [2.05, 4.69) is 4.72 Å². The molecule has 15 heavy (non-hydrogen) atoms. The van der Waals surface area contributed by atoms with E-state index in [0.29, 0.717) is 4.31 Å². The van der Waals surface area contributed by atoms with Gasteiger partial charge in [0.1, 0.15) is 5.84 Å². The maximum absolute atomic E-state index is 11.5. The summed E-state index contributed by atoms with van der Waals surface area (Å²) in [4.78, 5) is 12.8. The first kappa shape index (κ1) is 11.5. The molecule has 1 heterocycles. The fourth-order valence-electron chi connectivity index (χ4n) is 0.975. The van der Waals surface area contributed by atoms with E-state index in [4.69, 9.17) is 5.41 Å². The van der Waals surface area contributed by atoms with Gasteiger partial charge in [-0.1, -0.05) is 0 Å². The van der Waals surface area contributed by atoms with Crippen LogP contribution < -0.4 is 4.72 Å². The molecule has 0 bridgehead atoms. The van der Waals surface area contributed by atoms with Crippen LogP contribution in [0.15, 0.2) is 11.8 Å². The van der Waals surface area contributed by atoms with Gasteiger partial charge in [-0.25, -0.2) is 4.31 Å². The van der Waals surface area contributed by atoms with Crippen LogP contribution in [-0.2, 0) is 15.0 Å². The number of nitrogens with zero attached hydrogens (tertiary/aromatic N) is 2. The summed E-state index contributed by atoms with van der Waals surface area (Å²) in [5.41, 5.74) is 0.0114. The minimum atomic E-state index is -3.69. The summed E-state index contributed by atoms with van der Waals surface area (Å²) >= 11 is 0. The number of nitrogens with one attached hydrogen (secondary N) is 2. The largest absolute Gasteiger partial charge is 0.345 e. The predicted molar refractivity (Wildman–Crippen MR) is 54.3 cm³/mol. The molecule has 0 fully saturated rings. The minimum Gasteiger partial charge on any atom is -0.345 e. The molecule has 0 saturated carbocycles. The minimum absolute atomic E-state index is 0.0114. The Labute approximate surface area is 88.0 Å². The van der Waals surface area contributed by atoms with Gasteiger partial charge in [0.2, 0.25) is 0 Å². The lowest BCUT2D eigenvalue weighted by Gasteiger charge is -2.26. The topological polar surface area (TPSA) is 93.6 Å². The van der Waals surface area contributed by atoms with Crippen LogP contribution in [-0.4, -0.2) is 50.5 Å². The smallest absolute Gasteiger partial charge is 0.324 e. The van der Waals surface area contributed by atoms with Crippen molar-refractivity contribution >= 4 is 22.0 Å². The first-order valence-electron chi connectivity index (χ1n) is 4.04. The highest BCUT2D eigenvalue weighted by Gasteiger charge is 2.30. The zero-order chi connectivity index (χ0) is 11.8. The standard InChI is InChI=1S/C7H12N4O3S/c1-10(2)7(12)5-4-9-15(13,14)11(3)6(5)8/h4,8-9H,1-3H3. The van der Waals surface area contributed by atoms with E-state index in [0.717, 1.165) is 6.20 Å². The number of carbonyl (C=O) groups excluding carboxylic acids is 1. The molecule has 0 unspecified atom stereocenters. The Morgan fingerprint density at radius 3 is 2.53 bits per heavy atom. The maximum Gasteiger partial charge on any atom is 0.324 e. The second kappa shape index (κ2) is 3.54. The Morgan fingerprint density at radius 1 is 1.53 bits per heavy atom. The SMILES string of the molecule is CN(C)C(=O)C1=CNS(=O)(=O)N(C)C1=N. The Bertz CT molecular complexity index is 437. The molecule has 1 aliphatic rings. The van der Waals surface area contributed by atoms with E-state index in [9.17, 15) is 13.2 Å². The van der Waals surface area contributed by atoms with Crippen molar-refractivity contribution in [2.45, 2.75) is 0 Å². The summed E-state index contributed by atoms with van der Waals surface area (Å²) in [7, 11) is 0.573. The van der Waals surface area contributed by atoms with Crippen molar-refractivity contribution in [2.75, 3.05) is 21.1 Å². The molecule has 0 radical (unpaired) electrons. The second-order valence-corrected chi connectivity index (χ2v) is 4.93. The Balaban J connectivity index is 3.11. The molecule has 1 rings (SSSR count). The van der Waals surface area contributed by atoms with Crippen LogP contribution in [0.1, 0.15) is 0 Å². The maximum atomic E-state index is 11.5. The van der Waals surface area contributed by atoms with Gasteiger partial charge < -0.3 is 4.90 Å². The summed E-state index contributed by atoms with van der Waals surface area (Å²) in [6, 6.07) is 0. The van der Waals surface area contributed by atoms with E-state index in [-0.39, 0.29) is 11.4 Å². The van der Waals surface area contributed by atoms with Gasteiger partial charge in [-0.2, -0.15) is 8.42 Å². The highest BCUT2D eigenvalue weighted by atomic mass is 32.2. The molecule has 0 aromatic heterocycles. The quantitative estimate of drug-likeness (QED) is 0.589. The molecule has 7 nitrogen and oxygen atoms in total. The number of rotatable bonds is 1. The molecule has 1 aliphatic heterocycles. The lowest BCUT2D eigenvalue weighted by molar-refractivity contribution is -0.124. The van der Waals surface area contributed by atoms with Gasteiger partial charge in [-0.15, -0.1) is 0 Å². The molecule has 0 spiro atoms. The molecule has 0 aliphatic carbocycles. The first-order chi connectivity index (χ1) is 6.77. The molecule has 0 atom stereocenters. The highest BCUT2D eigenvalue weighted by Crippen LogP contribution is 2.11. The number of amides is 1. The monoisotopic (exact) mass is 232 g/mol. The summed E-state index contributed by atoms with van der Waals surface area (Å²) in [6.45, 7) is 0. The molecule has 0 aromatic rings. The van der Waals surface area contributed by atoms with Crippen molar-refractivity contribution in [2.24, 2.45) is 0 Å². The van der Waals surface area contributed by atoms with Crippen molar-refractivity contribution < 1.29 is 13.2 Å². The van der Waals surface area contributed by atoms with Gasteiger partial charge in [-0.05, 0) is 0 Å². The first-order valence-corrected chi connectivity index (χ1v) is 5.48. The molecule has 1 amide bonds. The molecular weight excluding hydrogens is 220 g/mol.